The number of rotatable bonds is 3. The normalized spacial score (nSPS) is 18.5. The number of nitrogens with two attached hydrogens (primary N) is 1. The van der Waals surface area contributed by atoms with Gasteiger partial charge in [-0.1, -0.05) is 6.92 Å². The van der Waals surface area contributed by atoms with E-state index in [0.717, 1.165) is 28.3 Å². The van der Waals surface area contributed by atoms with E-state index < -0.39 is 0 Å². The molecule has 4 heteroatoms. The third kappa shape index (κ3) is 1.56. The van der Waals surface area contributed by atoms with E-state index >= 15 is 0 Å². The summed E-state index contributed by atoms with van der Waals surface area (Å²) in [6, 6.07) is 0.500. The predicted octanol–water partition coefficient (Wildman–Crippen LogP) is 2.90. The molecule has 0 spiro atoms. The van der Waals surface area contributed by atoms with Gasteiger partial charge in [0.2, 0.25) is 0 Å². The minimum atomic E-state index is 0.500. The van der Waals surface area contributed by atoms with Gasteiger partial charge in [0.15, 0.2) is 0 Å². The third-order valence-electron chi connectivity index (χ3n) is 2.95. The quantitative estimate of drug-likeness (QED) is 0.905. The lowest BCUT2D eigenvalue weighted by Crippen LogP contribution is -2.14. The minimum Gasteiger partial charge on any atom is -0.383 e. The molecule has 1 heterocycles. The van der Waals surface area contributed by atoms with Crippen LogP contribution >= 0.6 is 15.9 Å². The van der Waals surface area contributed by atoms with E-state index in [4.69, 9.17) is 5.73 Å². The SMILES string of the molecule is CCC(C1CC1)n1nc(C)c(Br)c1N. The van der Waals surface area contributed by atoms with Gasteiger partial charge in [0.05, 0.1) is 16.2 Å². The first kappa shape index (κ1) is 10.0. The average molecular weight is 258 g/mol. The van der Waals surface area contributed by atoms with E-state index in [1.54, 1.807) is 0 Å². The summed E-state index contributed by atoms with van der Waals surface area (Å²) in [4.78, 5) is 0. The van der Waals surface area contributed by atoms with Gasteiger partial charge in [0.1, 0.15) is 5.82 Å². The van der Waals surface area contributed by atoms with Crippen LogP contribution in [-0.4, -0.2) is 9.78 Å². The van der Waals surface area contributed by atoms with Crippen LogP contribution in [0.25, 0.3) is 0 Å². The fourth-order valence-corrected chi connectivity index (χ4v) is 2.25. The fourth-order valence-electron chi connectivity index (χ4n) is 1.99. The van der Waals surface area contributed by atoms with Crippen LogP contribution in [0.15, 0.2) is 4.47 Å². The summed E-state index contributed by atoms with van der Waals surface area (Å²) < 4.78 is 2.95. The van der Waals surface area contributed by atoms with E-state index in [-0.39, 0.29) is 0 Å². The van der Waals surface area contributed by atoms with Crippen LogP contribution in [0.3, 0.4) is 0 Å². The number of nitrogen functional groups attached to an aromatic ring is 1. The standard InChI is InChI=1S/C10H16BrN3/c1-3-8(7-4-5-7)14-10(12)9(11)6(2)13-14/h7-8H,3-5,12H2,1-2H3. The number of aromatic nitrogens is 2. The van der Waals surface area contributed by atoms with Gasteiger partial charge in [0.25, 0.3) is 0 Å². The van der Waals surface area contributed by atoms with Gasteiger partial charge < -0.3 is 5.73 Å². The zero-order valence-corrected chi connectivity index (χ0v) is 10.2. The van der Waals surface area contributed by atoms with E-state index in [1.807, 2.05) is 11.6 Å². The maximum Gasteiger partial charge on any atom is 0.136 e. The Morgan fingerprint density at radius 2 is 2.29 bits per heavy atom. The Kier molecular flexibility index (Phi) is 2.56. The molecule has 0 aromatic carbocycles. The van der Waals surface area contributed by atoms with E-state index in [0.29, 0.717) is 6.04 Å². The highest BCUT2D eigenvalue weighted by atomic mass is 79.9. The Morgan fingerprint density at radius 1 is 1.64 bits per heavy atom. The molecule has 0 bridgehead atoms. The first-order valence-electron chi connectivity index (χ1n) is 5.15. The molecule has 2 N–H and O–H groups in total. The maximum atomic E-state index is 6.00. The summed E-state index contributed by atoms with van der Waals surface area (Å²) in [5.41, 5.74) is 6.99. The smallest absolute Gasteiger partial charge is 0.136 e. The van der Waals surface area contributed by atoms with Crippen molar-refractivity contribution in [1.29, 1.82) is 0 Å². The van der Waals surface area contributed by atoms with Crippen LogP contribution in [0.2, 0.25) is 0 Å². The lowest BCUT2D eigenvalue weighted by atomic mass is 10.1. The monoisotopic (exact) mass is 257 g/mol. The van der Waals surface area contributed by atoms with Gasteiger partial charge in [-0.3, -0.25) is 0 Å². The molecule has 14 heavy (non-hydrogen) atoms. The van der Waals surface area contributed by atoms with Crippen molar-refractivity contribution in [2.45, 2.75) is 39.2 Å². The van der Waals surface area contributed by atoms with Crippen LogP contribution in [-0.2, 0) is 0 Å². The highest BCUT2D eigenvalue weighted by Crippen LogP contribution is 2.43. The molecule has 0 amide bonds. The van der Waals surface area contributed by atoms with Crippen molar-refractivity contribution in [2.75, 3.05) is 5.73 Å². The first-order chi connectivity index (χ1) is 6.65. The topological polar surface area (TPSA) is 43.8 Å². The number of aryl methyl sites for hydroxylation is 1. The molecule has 0 saturated heterocycles. The third-order valence-corrected chi connectivity index (χ3v) is 3.93. The van der Waals surface area contributed by atoms with Gasteiger partial charge in [-0.15, -0.1) is 0 Å². The summed E-state index contributed by atoms with van der Waals surface area (Å²) in [6.07, 6.45) is 3.77. The van der Waals surface area contributed by atoms with Gasteiger partial charge in [-0.05, 0) is 48.0 Å². The molecule has 1 aromatic heterocycles. The van der Waals surface area contributed by atoms with E-state index in [9.17, 15) is 0 Å². The average Bonchev–Trinajstić information content (AvgIpc) is 2.95. The summed E-state index contributed by atoms with van der Waals surface area (Å²) >= 11 is 3.46. The second kappa shape index (κ2) is 3.57. The lowest BCUT2D eigenvalue weighted by molar-refractivity contribution is 0.397. The van der Waals surface area contributed by atoms with Crippen molar-refractivity contribution in [1.82, 2.24) is 9.78 Å². The molecule has 1 aromatic rings. The highest BCUT2D eigenvalue weighted by Gasteiger charge is 2.33. The van der Waals surface area contributed by atoms with Crippen molar-refractivity contribution < 1.29 is 0 Å². The van der Waals surface area contributed by atoms with Crippen LogP contribution in [0, 0.1) is 12.8 Å². The van der Waals surface area contributed by atoms with Gasteiger partial charge >= 0.3 is 0 Å². The molecule has 0 aliphatic heterocycles. The maximum absolute atomic E-state index is 6.00. The highest BCUT2D eigenvalue weighted by molar-refractivity contribution is 9.10. The molecule has 1 fully saturated rings. The fraction of sp³-hybridized carbons (Fsp3) is 0.700. The molecule has 1 saturated carbocycles. The van der Waals surface area contributed by atoms with Gasteiger partial charge in [-0.2, -0.15) is 5.10 Å². The molecule has 1 unspecified atom stereocenters. The Morgan fingerprint density at radius 3 is 2.64 bits per heavy atom. The Bertz CT molecular complexity index is 341. The van der Waals surface area contributed by atoms with Crippen molar-refractivity contribution in [3.05, 3.63) is 10.2 Å². The Labute approximate surface area is 92.8 Å². The molecule has 3 nitrogen and oxygen atoms in total. The number of hydrogen-bond donors (Lipinski definition) is 1. The number of halogens is 1. The largest absolute Gasteiger partial charge is 0.383 e. The van der Waals surface area contributed by atoms with E-state index in [2.05, 4.69) is 28.0 Å². The molecular formula is C10H16BrN3. The van der Waals surface area contributed by atoms with Crippen LogP contribution in [0.1, 0.15) is 37.9 Å². The Hall–Kier alpha value is -0.510. The van der Waals surface area contributed by atoms with Crippen molar-refractivity contribution in [2.24, 2.45) is 5.92 Å². The second-order valence-corrected chi connectivity index (χ2v) is 4.84. The summed E-state index contributed by atoms with van der Waals surface area (Å²) in [5.74, 6) is 1.58. The number of hydrogen-bond acceptors (Lipinski definition) is 2. The first-order valence-corrected chi connectivity index (χ1v) is 5.94. The van der Waals surface area contributed by atoms with Crippen LogP contribution in [0.5, 0.6) is 0 Å². The lowest BCUT2D eigenvalue weighted by Gasteiger charge is -2.16. The van der Waals surface area contributed by atoms with E-state index in [1.165, 1.54) is 12.8 Å². The Balaban J connectivity index is 2.33. The van der Waals surface area contributed by atoms with Crippen LogP contribution in [0.4, 0.5) is 5.82 Å². The van der Waals surface area contributed by atoms with Crippen molar-refractivity contribution in [3.8, 4) is 0 Å². The van der Waals surface area contributed by atoms with Crippen molar-refractivity contribution in [3.63, 3.8) is 0 Å². The molecule has 2 rings (SSSR count). The van der Waals surface area contributed by atoms with Gasteiger partial charge in [0, 0.05) is 0 Å². The molecular weight excluding hydrogens is 242 g/mol. The zero-order chi connectivity index (χ0) is 10.3. The minimum absolute atomic E-state index is 0.500. The summed E-state index contributed by atoms with van der Waals surface area (Å²) in [7, 11) is 0. The summed E-state index contributed by atoms with van der Waals surface area (Å²) in [5, 5.41) is 4.49. The zero-order valence-electron chi connectivity index (χ0n) is 8.63. The molecule has 1 atom stereocenters. The molecule has 0 radical (unpaired) electrons. The molecule has 1 aliphatic carbocycles. The second-order valence-electron chi connectivity index (χ2n) is 4.04. The van der Waals surface area contributed by atoms with Crippen molar-refractivity contribution >= 4 is 21.7 Å². The molecule has 1 aliphatic rings. The van der Waals surface area contributed by atoms with Gasteiger partial charge in [-0.25, -0.2) is 4.68 Å². The summed E-state index contributed by atoms with van der Waals surface area (Å²) in [6.45, 7) is 4.18. The number of nitrogens with zero attached hydrogens (tertiary/aromatic N) is 2. The molecule has 78 valence electrons. The van der Waals surface area contributed by atoms with Crippen LogP contribution < -0.4 is 5.73 Å². The number of anilines is 1. The predicted molar refractivity (Wildman–Crippen MR) is 61.1 cm³/mol.